The fourth-order valence-corrected chi connectivity index (χ4v) is 4.22. The van der Waals surface area contributed by atoms with Crippen molar-refractivity contribution in [1.29, 1.82) is 0 Å². The van der Waals surface area contributed by atoms with Gasteiger partial charge in [-0.3, -0.25) is 4.90 Å². The maximum Gasteiger partial charge on any atom is 0.322 e. The van der Waals surface area contributed by atoms with Crippen molar-refractivity contribution in [2.45, 2.75) is 38.1 Å². The van der Waals surface area contributed by atoms with Crippen LogP contribution < -0.4 is 5.32 Å². The van der Waals surface area contributed by atoms with Gasteiger partial charge in [0, 0.05) is 22.7 Å². The van der Waals surface area contributed by atoms with Crippen LogP contribution in [0.15, 0.2) is 63.6 Å². The number of hydrogen-bond donors (Lipinski definition) is 1. The monoisotopic (exact) mass is 466 g/mol. The van der Waals surface area contributed by atoms with Crippen LogP contribution in [0, 0.1) is 11.7 Å². The molecule has 4 rings (SSSR count). The van der Waals surface area contributed by atoms with Crippen LogP contribution in [0.1, 0.15) is 44.7 Å². The maximum atomic E-state index is 13.6. The second-order valence-electron chi connectivity index (χ2n) is 8.42. The number of nitrogens with zero attached hydrogens (tertiary/aromatic N) is 3. The van der Waals surface area contributed by atoms with Crippen LogP contribution in [-0.4, -0.2) is 33.9 Å². The molecule has 0 saturated carbocycles. The summed E-state index contributed by atoms with van der Waals surface area (Å²) in [6.07, 6.45) is 2.88. The number of allylic oxidation sites excluding steroid dienone is 1. The molecule has 1 unspecified atom stereocenters. The summed E-state index contributed by atoms with van der Waals surface area (Å²) in [5, 5.41) is 7.24. The third kappa shape index (κ3) is 4.95. The Hall–Kier alpha value is -3.13. The summed E-state index contributed by atoms with van der Waals surface area (Å²) in [7, 11) is 0. The number of halogens is 1. The van der Waals surface area contributed by atoms with Gasteiger partial charge in [-0.25, -0.2) is 9.18 Å². The molecule has 33 heavy (non-hydrogen) atoms. The van der Waals surface area contributed by atoms with E-state index < -0.39 is 6.04 Å². The van der Waals surface area contributed by atoms with Crippen molar-refractivity contribution < 1.29 is 13.7 Å². The minimum absolute atomic E-state index is 0.196. The quantitative estimate of drug-likeness (QED) is 0.424. The molecule has 2 heterocycles. The lowest BCUT2D eigenvalue weighted by atomic mass is 9.94. The van der Waals surface area contributed by atoms with Gasteiger partial charge >= 0.3 is 6.03 Å². The van der Waals surface area contributed by atoms with Crippen LogP contribution in [0.25, 0.3) is 17.0 Å². The summed E-state index contributed by atoms with van der Waals surface area (Å²) in [4.78, 5) is 20.5. The number of thioether (sulfide) groups is 1. The average Bonchev–Trinajstić information content (AvgIpc) is 3.28. The Morgan fingerprint density at radius 3 is 2.48 bits per heavy atom. The summed E-state index contributed by atoms with van der Waals surface area (Å²) in [5.41, 5.74) is 3.05. The number of urea groups is 1. The van der Waals surface area contributed by atoms with Crippen molar-refractivity contribution in [1.82, 2.24) is 20.4 Å². The van der Waals surface area contributed by atoms with E-state index >= 15 is 0 Å². The molecule has 0 radical (unpaired) electrons. The molecule has 2 amide bonds. The molecule has 1 aromatic heterocycles. The first-order valence-corrected chi connectivity index (χ1v) is 12.1. The molecule has 1 aliphatic rings. The topological polar surface area (TPSA) is 71.3 Å². The molecule has 1 N–H and O–H groups in total. The van der Waals surface area contributed by atoms with E-state index in [-0.39, 0.29) is 11.8 Å². The third-order valence-electron chi connectivity index (χ3n) is 5.73. The first-order valence-electron chi connectivity index (χ1n) is 10.9. The van der Waals surface area contributed by atoms with Crippen LogP contribution in [0.2, 0.25) is 0 Å². The highest BCUT2D eigenvalue weighted by Gasteiger charge is 2.35. The molecule has 6 nitrogen and oxygen atoms in total. The van der Waals surface area contributed by atoms with Crippen molar-refractivity contribution in [3.8, 4) is 11.4 Å². The molecule has 0 spiro atoms. The molecular formula is C25H27FN4O2S. The molecule has 0 aliphatic carbocycles. The molecular weight excluding hydrogens is 439 g/mol. The fraction of sp³-hybridized carbons (Fsp3) is 0.320. The van der Waals surface area contributed by atoms with Crippen LogP contribution in [0.3, 0.4) is 0 Å². The Morgan fingerprint density at radius 2 is 1.85 bits per heavy atom. The average molecular weight is 467 g/mol. The zero-order valence-corrected chi connectivity index (χ0v) is 19.9. The summed E-state index contributed by atoms with van der Waals surface area (Å²) in [6.45, 7) is 6.71. The molecule has 1 atom stereocenters. The van der Waals surface area contributed by atoms with E-state index in [1.165, 1.54) is 12.1 Å². The molecule has 2 aromatic carbocycles. The van der Waals surface area contributed by atoms with Gasteiger partial charge < -0.3 is 9.84 Å². The molecule has 0 fully saturated rings. The van der Waals surface area contributed by atoms with E-state index in [0.717, 1.165) is 28.1 Å². The number of amides is 2. The van der Waals surface area contributed by atoms with Crippen molar-refractivity contribution in [2.24, 2.45) is 5.92 Å². The first kappa shape index (κ1) is 23.0. The standard InChI is InChI=1S/C25H27FN4O2S/c1-15(2)13-14-30-16(3)21(22(27-25(30)31)17-5-9-19(26)10-6-17)24-28-23(29-32-24)18-7-11-20(33-4)12-8-18/h5-12,15,22H,13-14H2,1-4H3,(H,27,31). The lowest BCUT2D eigenvalue weighted by Gasteiger charge is -2.35. The smallest absolute Gasteiger partial charge is 0.322 e. The normalized spacial score (nSPS) is 16.5. The zero-order valence-electron chi connectivity index (χ0n) is 19.1. The van der Waals surface area contributed by atoms with Gasteiger partial charge in [0.2, 0.25) is 5.82 Å². The second-order valence-corrected chi connectivity index (χ2v) is 9.30. The maximum absolute atomic E-state index is 13.6. The number of carbonyl (C=O) groups is 1. The van der Waals surface area contributed by atoms with Crippen LogP contribution in [0.4, 0.5) is 9.18 Å². The van der Waals surface area contributed by atoms with E-state index in [4.69, 9.17) is 4.52 Å². The summed E-state index contributed by atoms with van der Waals surface area (Å²) in [6, 6.07) is 13.3. The third-order valence-corrected chi connectivity index (χ3v) is 6.48. The lowest BCUT2D eigenvalue weighted by molar-refractivity contribution is 0.202. The van der Waals surface area contributed by atoms with Crippen LogP contribution in [0.5, 0.6) is 0 Å². The van der Waals surface area contributed by atoms with Gasteiger partial charge in [-0.1, -0.05) is 31.1 Å². The van der Waals surface area contributed by atoms with Gasteiger partial charge in [0.25, 0.3) is 5.89 Å². The summed E-state index contributed by atoms with van der Waals surface area (Å²) >= 11 is 1.66. The van der Waals surface area contributed by atoms with Gasteiger partial charge in [0.1, 0.15) is 5.82 Å². The Kier molecular flexibility index (Phi) is 6.83. The Morgan fingerprint density at radius 1 is 1.15 bits per heavy atom. The number of nitrogens with one attached hydrogen (secondary N) is 1. The van der Waals surface area contributed by atoms with Crippen LogP contribution in [-0.2, 0) is 0 Å². The second kappa shape index (κ2) is 9.79. The number of hydrogen-bond acceptors (Lipinski definition) is 5. The Balaban J connectivity index is 1.76. The van der Waals surface area contributed by atoms with Gasteiger partial charge in [-0.05, 0) is 67.5 Å². The predicted molar refractivity (Wildman–Crippen MR) is 128 cm³/mol. The predicted octanol–water partition coefficient (Wildman–Crippen LogP) is 6.14. The molecule has 3 aromatic rings. The SMILES string of the molecule is CSc1ccc(-c2noc(C3=C(C)N(CCC(C)C)C(=O)NC3c3ccc(F)cc3)n2)cc1. The number of carbonyl (C=O) groups excluding carboxylic acids is 1. The first-order chi connectivity index (χ1) is 15.9. The lowest BCUT2D eigenvalue weighted by Crippen LogP contribution is -2.46. The molecule has 1 aliphatic heterocycles. The minimum Gasteiger partial charge on any atom is -0.334 e. The van der Waals surface area contributed by atoms with E-state index in [1.807, 2.05) is 37.4 Å². The van der Waals surface area contributed by atoms with Gasteiger partial charge in [-0.2, -0.15) is 4.98 Å². The molecule has 172 valence electrons. The Labute approximate surface area is 197 Å². The molecule has 0 bridgehead atoms. The van der Waals surface area contributed by atoms with E-state index in [9.17, 15) is 9.18 Å². The van der Waals surface area contributed by atoms with Crippen molar-refractivity contribution in [3.05, 3.63) is 71.5 Å². The minimum atomic E-state index is -0.527. The zero-order chi connectivity index (χ0) is 23.5. The van der Waals surface area contributed by atoms with Gasteiger partial charge in [0.05, 0.1) is 11.6 Å². The van der Waals surface area contributed by atoms with Crippen molar-refractivity contribution in [3.63, 3.8) is 0 Å². The number of benzene rings is 2. The number of aromatic nitrogens is 2. The summed E-state index contributed by atoms with van der Waals surface area (Å²) < 4.78 is 19.3. The van der Waals surface area contributed by atoms with E-state index in [1.54, 1.807) is 28.8 Å². The summed E-state index contributed by atoms with van der Waals surface area (Å²) in [5.74, 6) is 0.917. The van der Waals surface area contributed by atoms with Gasteiger partial charge in [0.15, 0.2) is 0 Å². The molecule has 0 saturated heterocycles. The van der Waals surface area contributed by atoms with E-state index in [2.05, 4.69) is 29.3 Å². The fourth-order valence-electron chi connectivity index (χ4n) is 3.81. The highest BCUT2D eigenvalue weighted by Crippen LogP contribution is 2.37. The van der Waals surface area contributed by atoms with Gasteiger partial charge in [-0.15, -0.1) is 11.8 Å². The van der Waals surface area contributed by atoms with Crippen LogP contribution >= 0.6 is 11.8 Å². The highest BCUT2D eigenvalue weighted by atomic mass is 32.2. The highest BCUT2D eigenvalue weighted by molar-refractivity contribution is 7.98. The molecule has 8 heteroatoms. The van der Waals surface area contributed by atoms with E-state index in [0.29, 0.717) is 29.8 Å². The Bertz CT molecular complexity index is 1160. The number of rotatable bonds is 7. The van der Waals surface area contributed by atoms with Crippen molar-refractivity contribution >= 4 is 23.4 Å². The van der Waals surface area contributed by atoms with Crippen molar-refractivity contribution in [2.75, 3.05) is 12.8 Å². The largest absolute Gasteiger partial charge is 0.334 e.